The normalized spacial score (nSPS) is 25.6. The van der Waals surface area contributed by atoms with Crippen molar-refractivity contribution in [1.82, 2.24) is 19.4 Å². The minimum absolute atomic E-state index is 0.0467. The number of carbonyl (C=O) groups is 1. The lowest BCUT2D eigenvalue weighted by Gasteiger charge is -2.45. The van der Waals surface area contributed by atoms with E-state index in [0.717, 1.165) is 37.1 Å². The summed E-state index contributed by atoms with van der Waals surface area (Å²) in [5.74, 6) is 1.14. The van der Waals surface area contributed by atoms with E-state index in [2.05, 4.69) is 71.2 Å². The maximum Gasteiger partial charge on any atom is 0.407 e. The van der Waals surface area contributed by atoms with Crippen LogP contribution < -0.4 is 0 Å². The fourth-order valence-electron chi connectivity index (χ4n) is 7.55. The van der Waals surface area contributed by atoms with Gasteiger partial charge in [0.15, 0.2) is 0 Å². The number of hydrogen-bond acceptors (Lipinski definition) is 4. The van der Waals surface area contributed by atoms with Crippen LogP contribution in [0.15, 0.2) is 53.4 Å². The molecule has 1 N–H and O–H groups in total. The third-order valence-electron chi connectivity index (χ3n) is 9.52. The van der Waals surface area contributed by atoms with Crippen LogP contribution in [0.25, 0.3) is 11.0 Å². The predicted octanol–water partition coefficient (Wildman–Crippen LogP) is 6.34. The zero-order valence-electron chi connectivity index (χ0n) is 22.0. The summed E-state index contributed by atoms with van der Waals surface area (Å²) in [6, 6.07) is 19.3. The Morgan fingerprint density at radius 3 is 2.49 bits per heavy atom. The minimum atomic E-state index is -0.783. The molecule has 3 aliphatic rings. The molecule has 0 aliphatic carbocycles. The monoisotopic (exact) mass is 518 g/mol. The van der Waals surface area contributed by atoms with E-state index in [-0.39, 0.29) is 5.41 Å². The molecule has 2 unspecified atom stereocenters. The van der Waals surface area contributed by atoms with Crippen LogP contribution >= 0.6 is 11.8 Å². The molecule has 0 saturated carbocycles. The number of fused-ring (bicyclic) bond motifs is 3. The van der Waals surface area contributed by atoms with Gasteiger partial charge >= 0.3 is 6.09 Å². The molecule has 1 aromatic heterocycles. The predicted molar refractivity (Wildman–Crippen MR) is 150 cm³/mol. The largest absolute Gasteiger partial charge is 0.465 e. The van der Waals surface area contributed by atoms with E-state index in [1.807, 2.05) is 0 Å². The molecular formula is C30H38N4O2S. The van der Waals surface area contributed by atoms with Gasteiger partial charge in [0.25, 0.3) is 0 Å². The van der Waals surface area contributed by atoms with Crippen LogP contribution in [0.5, 0.6) is 0 Å². The highest BCUT2D eigenvalue weighted by Crippen LogP contribution is 2.45. The van der Waals surface area contributed by atoms with Crippen molar-refractivity contribution in [2.45, 2.75) is 80.3 Å². The van der Waals surface area contributed by atoms with Gasteiger partial charge in [-0.05, 0) is 99.9 Å². The standard InChI is InChI=1S/C30H38N4O2S/c1-21-31-27-8-3-4-9-28(27)34(21)25-19-23-10-11-24(20-25)33(23)17-14-30(12-15-32(16-13-30)29(35)36)22-6-5-7-26(18-22)37-2/h3-9,18,23-25H,10-17,19-20H2,1-2H3,(H,35,36). The number of thioether (sulfide) groups is 1. The van der Waals surface area contributed by atoms with Crippen molar-refractivity contribution in [3.63, 3.8) is 0 Å². The Kier molecular flexibility index (Phi) is 6.70. The first-order valence-corrected chi connectivity index (χ1v) is 15.0. The van der Waals surface area contributed by atoms with Crippen LogP contribution in [0.4, 0.5) is 4.79 Å². The number of rotatable bonds is 6. The average Bonchev–Trinajstić information content (AvgIpc) is 3.38. The van der Waals surface area contributed by atoms with Crippen molar-refractivity contribution in [3.05, 3.63) is 59.9 Å². The fraction of sp³-hybridized carbons (Fsp3) is 0.533. The van der Waals surface area contributed by atoms with Crippen molar-refractivity contribution in [1.29, 1.82) is 0 Å². The Morgan fingerprint density at radius 1 is 1.05 bits per heavy atom. The van der Waals surface area contributed by atoms with Gasteiger partial charge in [-0.1, -0.05) is 24.3 Å². The third kappa shape index (κ3) is 4.54. The second-order valence-electron chi connectivity index (χ2n) is 11.3. The fourth-order valence-corrected chi connectivity index (χ4v) is 8.01. The Morgan fingerprint density at radius 2 is 1.78 bits per heavy atom. The summed E-state index contributed by atoms with van der Waals surface area (Å²) in [6.07, 6.45) is 9.22. The van der Waals surface area contributed by atoms with Crippen LogP contribution in [0.3, 0.4) is 0 Å². The molecule has 2 atom stereocenters. The van der Waals surface area contributed by atoms with Crippen LogP contribution in [0.2, 0.25) is 0 Å². The number of amides is 1. The van der Waals surface area contributed by atoms with E-state index in [1.165, 1.54) is 41.7 Å². The van der Waals surface area contributed by atoms with Crippen molar-refractivity contribution in [2.75, 3.05) is 25.9 Å². The van der Waals surface area contributed by atoms with Crippen LogP contribution in [0, 0.1) is 6.92 Å². The van der Waals surface area contributed by atoms with Gasteiger partial charge in [-0.15, -0.1) is 11.8 Å². The quantitative estimate of drug-likeness (QED) is 0.386. The molecule has 6 rings (SSSR count). The molecule has 4 heterocycles. The second-order valence-corrected chi connectivity index (χ2v) is 12.2. The first-order chi connectivity index (χ1) is 18.0. The smallest absolute Gasteiger partial charge is 0.407 e. The minimum Gasteiger partial charge on any atom is -0.465 e. The molecule has 196 valence electrons. The molecule has 37 heavy (non-hydrogen) atoms. The molecule has 0 spiro atoms. The Hall–Kier alpha value is -2.51. The zero-order chi connectivity index (χ0) is 25.6. The van der Waals surface area contributed by atoms with Gasteiger partial charge in [-0.25, -0.2) is 9.78 Å². The second kappa shape index (κ2) is 9.99. The number of likely N-dealkylation sites (tertiary alicyclic amines) is 1. The molecule has 0 radical (unpaired) electrons. The summed E-state index contributed by atoms with van der Waals surface area (Å²) >= 11 is 1.79. The van der Waals surface area contributed by atoms with Crippen molar-refractivity contribution in [3.8, 4) is 0 Å². The highest BCUT2D eigenvalue weighted by Gasteiger charge is 2.44. The Bertz CT molecular complexity index is 1270. The first-order valence-electron chi connectivity index (χ1n) is 13.8. The van der Waals surface area contributed by atoms with E-state index in [1.54, 1.807) is 16.7 Å². The van der Waals surface area contributed by atoms with Gasteiger partial charge in [0.1, 0.15) is 5.82 Å². The SMILES string of the molecule is CSc1cccc(C2(CCN3C4CCC3CC(n3c(C)nc5ccccc53)C4)CCN(C(=O)O)CC2)c1. The summed E-state index contributed by atoms with van der Waals surface area (Å²) in [5, 5.41) is 9.57. The summed E-state index contributed by atoms with van der Waals surface area (Å²) in [5.41, 5.74) is 3.82. The Labute approximate surface area is 224 Å². The summed E-state index contributed by atoms with van der Waals surface area (Å²) in [6.45, 7) is 4.51. The number of para-hydroxylation sites is 2. The maximum absolute atomic E-state index is 11.6. The molecule has 3 aromatic rings. The van der Waals surface area contributed by atoms with E-state index in [0.29, 0.717) is 31.2 Å². The molecule has 2 bridgehead atoms. The van der Waals surface area contributed by atoms with Crippen LogP contribution in [-0.2, 0) is 5.41 Å². The molecule has 7 heteroatoms. The molecule has 3 aliphatic heterocycles. The number of carboxylic acid groups (broad SMARTS) is 1. The lowest BCUT2D eigenvalue weighted by molar-refractivity contribution is 0.0800. The number of piperidine rings is 2. The molecule has 3 saturated heterocycles. The average molecular weight is 519 g/mol. The molecule has 3 fully saturated rings. The molecule has 1 amide bonds. The van der Waals surface area contributed by atoms with E-state index in [9.17, 15) is 9.90 Å². The topological polar surface area (TPSA) is 61.6 Å². The maximum atomic E-state index is 11.6. The number of aryl methyl sites for hydroxylation is 1. The third-order valence-corrected chi connectivity index (χ3v) is 10.2. The van der Waals surface area contributed by atoms with Crippen molar-refractivity contribution >= 4 is 28.9 Å². The van der Waals surface area contributed by atoms with E-state index in [4.69, 9.17) is 4.98 Å². The van der Waals surface area contributed by atoms with Crippen molar-refractivity contribution < 1.29 is 9.90 Å². The zero-order valence-corrected chi connectivity index (χ0v) is 22.8. The van der Waals surface area contributed by atoms with Gasteiger partial charge in [0.2, 0.25) is 0 Å². The van der Waals surface area contributed by atoms with Gasteiger partial charge in [-0.2, -0.15) is 0 Å². The number of nitrogens with zero attached hydrogens (tertiary/aromatic N) is 4. The molecule has 2 aromatic carbocycles. The van der Waals surface area contributed by atoms with Crippen LogP contribution in [-0.4, -0.2) is 68.5 Å². The van der Waals surface area contributed by atoms with Gasteiger partial charge in [0, 0.05) is 36.1 Å². The first kappa shape index (κ1) is 24.8. The number of hydrogen-bond donors (Lipinski definition) is 1. The van der Waals surface area contributed by atoms with E-state index < -0.39 is 6.09 Å². The van der Waals surface area contributed by atoms with Gasteiger partial charge in [-0.3, -0.25) is 4.90 Å². The lowest BCUT2D eigenvalue weighted by Crippen LogP contribution is -2.48. The summed E-state index contributed by atoms with van der Waals surface area (Å²) in [7, 11) is 0. The van der Waals surface area contributed by atoms with Gasteiger partial charge < -0.3 is 14.6 Å². The summed E-state index contributed by atoms with van der Waals surface area (Å²) in [4.78, 5) is 22.2. The lowest BCUT2D eigenvalue weighted by atomic mass is 9.70. The molecular weight excluding hydrogens is 480 g/mol. The highest BCUT2D eigenvalue weighted by molar-refractivity contribution is 7.98. The number of aromatic nitrogens is 2. The molecule has 6 nitrogen and oxygen atoms in total. The van der Waals surface area contributed by atoms with Crippen molar-refractivity contribution in [2.24, 2.45) is 0 Å². The van der Waals surface area contributed by atoms with E-state index >= 15 is 0 Å². The van der Waals surface area contributed by atoms with Gasteiger partial charge in [0.05, 0.1) is 11.0 Å². The van der Waals surface area contributed by atoms with Crippen LogP contribution in [0.1, 0.15) is 62.4 Å². The Balaban J connectivity index is 1.21. The summed E-state index contributed by atoms with van der Waals surface area (Å²) < 4.78 is 2.51. The highest BCUT2D eigenvalue weighted by atomic mass is 32.2. The number of benzene rings is 2. The number of imidazole rings is 1.